The minimum atomic E-state index is -1.02. The van der Waals surface area contributed by atoms with E-state index in [9.17, 15) is 14.4 Å². The van der Waals surface area contributed by atoms with E-state index in [0.717, 1.165) is 25.5 Å². The number of nitrogens with one attached hydrogen (secondary N) is 1. The van der Waals surface area contributed by atoms with Gasteiger partial charge in [-0.25, -0.2) is 4.79 Å². The quantitative estimate of drug-likeness (QED) is 0.188. The summed E-state index contributed by atoms with van der Waals surface area (Å²) in [5, 5.41) is 2.48. The fourth-order valence-electron chi connectivity index (χ4n) is 1.89. The van der Waals surface area contributed by atoms with Crippen molar-refractivity contribution in [2.45, 2.75) is 57.3 Å². The molecule has 9 heteroatoms. The minimum Gasteiger partial charge on any atom is -0.437 e. The SMILES string of the molecule is CO[C@H](C)C(=O)N[C@@H](CCC(=O)C=[N+]=[N-])C(=O)OCOC1CCC1. The third kappa shape index (κ3) is 6.99. The summed E-state index contributed by atoms with van der Waals surface area (Å²) >= 11 is 0. The Balaban J connectivity index is 2.52. The predicted molar refractivity (Wildman–Crippen MR) is 82.0 cm³/mol. The molecule has 1 rings (SSSR count). The van der Waals surface area contributed by atoms with Crippen molar-refractivity contribution < 1.29 is 33.4 Å². The largest absolute Gasteiger partial charge is 0.437 e. The third-order valence-electron chi connectivity index (χ3n) is 3.76. The number of nitrogens with zero attached hydrogens (tertiary/aromatic N) is 2. The van der Waals surface area contributed by atoms with Crippen LogP contribution >= 0.6 is 0 Å². The van der Waals surface area contributed by atoms with Gasteiger partial charge < -0.3 is 25.1 Å². The van der Waals surface area contributed by atoms with Gasteiger partial charge in [-0.1, -0.05) is 0 Å². The van der Waals surface area contributed by atoms with Crippen LogP contribution in [0.25, 0.3) is 5.53 Å². The van der Waals surface area contributed by atoms with Crippen LogP contribution in [-0.2, 0) is 28.6 Å². The molecule has 1 N–H and O–H groups in total. The summed E-state index contributed by atoms with van der Waals surface area (Å²) in [4.78, 5) is 38.0. The summed E-state index contributed by atoms with van der Waals surface area (Å²) in [5.74, 6) is -1.67. The maximum absolute atomic E-state index is 12.1. The first-order chi connectivity index (χ1) is 11.5. The molecular weight excluding hydrogens is 318 g/mol. The number of esters is 1. The summed E-state index contributed by atoms with van der Waals surface area (Å²) in [5.41, 5.74) is 8.31. The molecule has 2 atom stereocenters. The molecule has 0 bridgehead atoms. The van der Waals surface area contributed by atoms with E-state index in [1.54, 1.807) is 0 Å². The second kappa shape index (κ2) is 10.6. The number of amides is 1. The smallest absolute Gasteiger partial charge is 0.330 e. The van der Waals surface area contributed by atoms with Gasteiger partial charge in [0, 0.05) is 13.5 Å². The monoisotopic (exact) mass is 341 g/mol. The van der Waals surface area contributed by atoms with E-state index in [1.807, 2.05) is 0 Å². The molecule has 0 spiro atoms. The van der Waals surface area contributed by atoms with E-state index in [-0.39, 0.29) is 25.7 Å². The number of ether oxygens (including phenoxy) is 3. The van der Waals surface area contributed by atoms with Crippen LogP contribution in [0.5, 0.6) is 0 Å². The number of Topliss-reactive ketones (excluding diaryl/α,β-unsaturated/α-hetero) is 1. The molecule has 1 aliphatic rings. The topological polar surface area (TPSA) is 127 Å². The van der Waals surface area contributed by atoms with E-state index >= 15 is 0 Å². The molecule has 0 aromatic rings. The van der Waals surface area contributed by atoms with Gasteiger partial charge >= 0.3 is 12.2 Å². The Morgan fingerprint density at radius 2 is 2.08 bits per heavy atom. The number of carbonyl (C=O) groups excluding carboxylic acids is 3. The molecule has 0 radical (unpaired) electrons. The normalized spacial score (nSPS) is 16.2. The Morgan fingerprint density at radius 1 is 1.38 bits per heavy atom. The van der Waals surface area contributed by atoms with Gasteiger partial charge in [-0.05, 0) is 32.6 Å². The van der Waals surface area contributed by atoms with E-state index in [1.165, 1.54) is 14.0 Å². The fourth-order valence-corrected chi connectivity index (χ4v) is 1.89. The Hall–Kier alpha value is -2.09. The van der Waals surface area contributed by atoms with Crippen LogP contribution in [0.2, 0.25) is 0 Å². The lowest BCUT2D eigenvalue weighted by molar-refractivity contribution is -0.168. The lowest BCUT2D eigenvalue weighted by atomic mass is 9.96. The van der Waals surface area contributed by atoms with Crippen molar-refractivity contribution in [3.05, 3.63) is 5.53 Å². The van der Waals surface area contributed by atoms with Crippen LogP contribution in [0.15, 0.2) is 0 Å². The zero-order valence-electron chi connectivity index (χ0n) is 13.9. The maximum Gasteiger partial charge on any atom is 0.330 e. The highest BCUT2D eigenvalue weighted by Crippen LogP contribution is 2.21. The summed E-state index contributed by atoms with van der Waals surface area (Å²) in [6.45, 7) is 1.34. The van der Waals surface area contributed by atoms with Gasteiger partial charge in [0.1, 0.15) is 12.1 Å². The van der Waals surface area contributed by atoms with Gasteiger partial charge in [0.25, 0.3) is 0 Å². The molecule has 1 aliphatic carbocycles. The summed E-state index contributed by atoms with van der Waals surface area (Å²) in [6.07, 6.45) is 3.01. The Morgan fingerprint density at radius 3 is 2.62 bits per heavy atom. The molecule has 0 heterocycles. The molecule has 1 fully saturated rings. The number of methoxy groups -OCH3 is 1. The minimum absolute atomic E-state index is 0.00922. The van der Waals surface area contributed by atoms with Crippen LogP contribution in [0.1, 0.15) is 39.0 Å². The Kier molecular flexibility index (Phi) is 8.85. The van der Waals surface area contributed by atoms with Crippen LogP contribution in [0.4, 0.5) is 0 Å². The van der Waals surface area contributed by atoms with Crippen LogP contribution in [0, 0.1) is 0 Å². The average Bonchev–Trinajstić information content (AvgIpc) is 2.52. The van der Waals surface area contributed by atoms with Gasteiger partial charge in [0.2, 0.25) is 11.7 Å². The number of carbonyl (C=O) groups is 3. The zero-order chi connectivity index (χ0) is 17.9. The summed E-state index contributed by atoms with van der Waals surface area (Å²) in [7, 11) is 1.37. The molecule has 0 aliphatic heterocycles. The van der Waals surface area contributed by atoms with Gasteiger partial charge in [0.15, 0.2) is 6.79 Å². The molecule has 1 saturated carbocycles. The van der Waals surface area contributed by atoms with Gasteiger partial charge in [-0.15, -0.1) is 0 Å². The molecule has 1 amide bonds. The van der Waals surface area contributed by atoms with Crippen molar-refractivity contribution in [1.29, 1.82) is 0 Å². The van der Waals surface area contributed by atoms with Crippen molar-refractivity contribution in [2.75, 3.05) is 13.9 Å². The first-order valence-electron chi connectivity index (χ1n) is 7.79. The van der Waals surface area contributed by atoms with Crippen LogP contribution in [-0.4, -0.2) is 60.8 Å². The van der Waals surface area contributed by atoms with Crippen molar-refractivity contribution >= 4 is 23.9 Å². The zero-order valence-corrected chi connectivity index (χ0v) is 13.9. The molecular formula is C15H23N3O6. The second-order valence-electron chi connectivity index (χ2n) is 5.49. The van der Waals surface area contributed by atoms with Crippen molar-refractivity contribution in [1.82, 2.24) is 5.32 Å². The molecule has 0 saturated heterocycles. The summed E-state index contributed by atoms with van der Waals surface area (Å²) in [6, 6.07) is -1.02. The number of hydrogen-bond donors (Lipinski definition) is 1. The first kappa shape index (κ1) is 20.0. The lowest BCUT2D eigenvalue weighted by Crippen LogP contribution is -2.46. The molecule has 134 valence electrons. The van der Waals surface area contributed by atoms with Gasteiger partial charge in [0.05, 0.1) is 6.10 Å². The molecule has 0 unspecified atom stereocenters. The molecule has 0 aromatic carbocycles. The highest BCUT2D eigenvalue weighted by atomic mass is 16.7. The first-order valence-corrected chi connectivity index (χ1v) is 7.79. The third-order valence-corrected chi connectivity index (χ3v) is 3.76. The summed E-state index contributed by atoms with van der Waals surface area (Å²) < 4.78 is 15.2. The van der Waals surface area contributed by atoms with Gasteiger partial charge in [-0.3, -0.25) is 9.59 Å². The van der Waals surface area contributed by atoms with E-state index in [4.69, 9.17) is 19.7 Å². The van der Waals surface area contributed by atoms with Crippen LogP contribution < -0.4 is 5.32 Å². The molecule has 9 nitrogen and oxygen atoms in total. The highest BCUT2D eigenvalue weighted by Gasteiger charge is 2.26. The highest BCUT2D eigenvalue weighted by molar-refractivity contribution is 6.25. The predicted octanol–water partition coefficient (Wildman–Crippen LogP) is 0.226. The average molecular weight is 341 g/mol. The van der Waals surface area contributed by atoms with Crippen LogP contribution in [0.3, 0.4) is 0 Å². The lowest BCUT2D eigenvalue weighted by Gasteiger charge is -2.25. The number of rotatable bonds is 11. The molecule has 0 aromatic heterocycles. The van der Waals surface area contributed by atoms with Crippen molar-refractivity contribution in [3.63, 3.8) is 0 Å². The fraction of sp³-hybridized carbons (Fsp3) is 0.733. The maximum atomic E-state index is 12.1. The number of hydrogen-bond acceptors (Lipinski definition) is 6. The van der Waals surface area contributed by atoms with E-state index < -0.39 is 29.8 Å². The Labute approximate surface area is 140 Å². The van der Waals surface area contributed by atoms with Crippen molar-refractivity contribution in [3.8, 4) is 0 Å². The second-order valence-corrected chi connectivity index (χ2v) is 5.49. The number of ketones is 1. The van der Waals surface area contributed by atoms with E-state index in [0.29, 0.717) is 0 Å². The van der Waals surface area contributed by atoms with Crippen molar-refractivity contribution in [2.24, 2.45) is 0 Å². The standard InChI is InChI=1S/C15H23N3O6/c1-10(22-2)14(20)18-13(7-6-11(19)8-17-16)15(21)24-9-23-12-4-3-5-12/h8,10,12-13H,3-7,9H2,1-2H3,(H,18,20)/t10-,13+/m1/s1. The van der Waals surface area contributed by atoms with Gasteiger partial charge in [-0.2, -0.15) is 4.79 Å². The van der Waals surface area contributed by atoms with E-state index in [2.05, 4.69) is 10.1 Å². The molecule has 24 heavy (non-hydrogen) atoms. The Bertz CT molecular complexity index is 499.